The summed E-state index contributed by atoms with van der Waals surface area (Å²) in [4.78, 5) is 18.5. The average molecular weight is 237 g/mol. The van der Waals surface area contributed by atoms with Crippen LogP contribution in [0.25, 0.3) is 0 Å². The first-order valence-electron chi connectivity index (χ1n) is 6.54. The van der Waals surface area contributed by atoms with Gasteiger partial charge in [0.1, 0.15) is 0 Å². The minimum atomic E-state index is 0.198. The first-order valence-corrected chi connectivity index (χ1v) is 6.54. The first kappa shape index (κ1) is 12.4. The summed E-state index contributed by atoms with van der Waals surface area (Å²) in [6.07, 6.45) is 7.43. The molecule has 0 aromatic heterocycles. The van der Waals surface area contributed by atoms with Crippen LogP contribution in [0, 0.1) is 0 Å². The maximum Gasteiger partial charge on any atom is 0.320 e. The van der Waals surface area contributed by atoms with Crippen molar-refractivity contribution in [3.63, 3.8) is 0 Å². The van der Waals surface area contributed by atoms with Crippen LogP contribution in [0.4, 0.5) is 4.79 Å². The van der Waals surface area contributed by atoms with Gasteiger partial charge in [-0.1, -0.05) is 12.2 Å². The molecule has 2 aliphatic heterocycles. The minimum absolute atomic E-state index is 0.198. The van der Waals surface area contributed by atoms with Gasteiger partial charge in [0.25, 0.3) is 0 Å². The lowest BCUT2D eigenvalue weighted by Gasteiger charge is -2.38. The molecule has 2 aliphatic rings. The molecule has 1 saturated heterocycles. The summed E-state index contributed by atoms with van der Waals surface area (Å²) >= 11 is 0. The Hall–Kier alpha value is -1.03. The van der Waals surface area contributed by atoms with Crippen LogP contribution >= 0.6 is 0 Å². The number of carbonyl (C=O) groups excluding carboxylic acids is 1. The van der Waals surface area contributed by atoms with E-state index in [1.807, 2.05) is 16.8 Å². The summed E-state index contributed by atoms with van der Waals surface area (Å²) in [7, 11) is 4.10. The van der Waals surface area contributed by atoms with Crippen LogP contribution in [0.2, 0.25) is 0 Å². The molecule has 96 valence electrons. The highest BCUT2D eigenvalue weighted by atomic mass is 16.2. The topological polar surface area (TPSA) is 26.8 Å². The lowest BCUT2D eigenvalue weighted by atomic mass is 10.0. The number of hydrogen-bond donors (Lipinski definition) is 0. The third-order valence-corrected chi connectivity index (χ3v) is 3.87. The second kappa shape index (κ2) is 5.54. The van der Waals surface area contributed by atoms with Gasteiger partial charge in [0, 0.05) is 26.2 Å². The summed E-state index contributed by atoms with van der Waals surface area (Å²) in [6.45, 7) is 3.84. The molecular formula is C13H23N3O. The molecule has 0 bridgehead atoms. The molecule has 0 radical (unpaired) electrons. The second-order valence-corrected chi connectivity index (χ2v) is 5.13. The van der Waals surface area contributed by atoms with E-state index in [1.54, 1.807) is 0 Å². The van der Waals surface area contributed by atoms with Gasteiger partial charge in [0.15, 0.2) is 0 Å². The number of carbonyl (C=O) groups is 1. The van der Waals surface area contributed by atoms with E-state index >= 15 is 0 Å². The van der Waals surface area contributed by atoms with Gasteiger partial charge in [-0.05, 0) is 39.4 Å². The smallest absolute Gasteiger partial charge is 0.320 e. The Morgan fingerprint density at radius 1 is 1.24 bits per heavy atom. The molecule has 4 nitrogen and oxygen atoms in total. The normalized spacial score (nSPS) is 22.8. The van der Waals surface area contributed by atoms with Crippen LogP contribution in [-0.4, -0.2) is 67.0 Å². The van der Waals surface area contributed by atoms with Gasteiger partial charge in [0.05, 0.1) is 0 Å². The van der Waals surface area contributed by atoms with Crippen LogP contribution in [0.1, 0.15) is 19.3 Å². The number of piperidine rings is 1. The molecule has 1 fully saturated rings. The van der Waals surface area contributed by atoms with Crippen molar-refractivity contribution in [2.24, 2.45) is 0 Å². The summed E-state index contributed by atoms with van der Waals surface area (Å²) in [5, 5.41) is 0. The predicted molar refractivity (Wildman–Crippen MR) is 69.0 cm³/mol. The van der Waals surface area contributed by atoms with Crippen molar-refractivity contribution in [2.75, 3.05) is 40.3 Å². The molecule has 0 spiro atoms. The van der Waals surface area contributed by atoms with Gasteiger partial charge in [-0.2, -0.15) is 0 Å². The van der Waals surface area contributed by atoms with Gasteiger partial charge < -0.3 is 14.7 Å². The second-order valence-electron chi connectivity index (χ2n) is 5.13. The highest BCUT2D eigenvalue weighted by molar-refractivity contribution is 5.74. The molecule has 0 unspecified atom stereocenters. The fraction of sp³-hybridized carbons (Fsp3) is 0.769. The Morgan fingerprint density at radius 3 is 2.53 bits per heavy atom. The summed E-state index contributed by atoms with van der Waals surface area (Å²) < 4.78 is 0. The van der Waals surface area contributed by atoms with E-state index in [4.69, 9.17) is 0 Å². The monoisotopic (exact) mass is 237 g/mol. The maximum absolute atomic E-state index is 12.3. The number of nitrogens with zero attached hydrogens (tertiary/aromatic N) is 3. The third kappa shape index (κ3) is 3.00. The zero-order valence-corrected chi connectivity index (χ0v) is 10.9. The summed E-state index contributed by atoms with van der Waals surface area (Å²) in [5.41, 5.74) is 0. The number of amides is 2. The summed E-state index contributed by atoms with van der Waals surface area (Å²) in [6, 6.07) is 0.619. The minimum Gasteiger partial charge on any atom is -0.325 e. The Labute approximate surface area is 104 Å². The van der Waals surface area contributed by atoms with Gasteiger partial charge in [-0.3, -0.25) is 0 Å². The van der Waals surface area contributed by atoms with Crippen LogP contribution in [0.15, 0.2) is 12.2 Å². The van der Waals surface area contributed by atoms with Crippen LogP contribution in [0.5, 0.6) is 0 Å². The Bertz CT molecular complexity index is 295. The van der Waals surface area contributed by atoms with Crippen molar-refractivity contribution in [2.45, 2.75) is 25.3 Å². The molecule has 0 saturated carbocycles. The average Bonchev–Trinajstić information content (AvgIpc) is 2.39. The standard InChI is InChI=1S/C13H23N3O/c1-14-10-6-12(7-11-14)15(2)13(17)16-8-4-3-5-9-16/h3-4,12H,5-11H2,1-2H3. The quantitative estimate of drug-likeness (QED) is 0.644. The molecule has 0 atom stereocenters. The molecule has 0 aromatic rings. The van der Waals surface area contributed by atoms with E-state index in [1.165, 1.54) is 0 Å². The molecule has 2 amide bonds. The van der Waals surface area contributed by atoms with Crippen molar-refractivity contribution in [1.82, 2.24) is 14.7 Å². The molecular weight excluding hydrogens is 214 g/mol. The van der Waals surface area contributed by atoms with Gasteiger partial charge >= 0.3 is 6.03 Å². The van der Waals surface area contributed by atoms with Crippen LogP contribution in [0.3, 0.4) is 0 Å². The van der Waals surface area contributed by atoms with Crippen molar-refractivity contribution >= 4 is 6.03 Å². The van der Waals surface area contributed by atoms with E-state index in [0.717, 1.165) is 45.4 Å². The van der Waals surface area contributed by atoms with E-state index in [2.05, 4.69) is 24.1 Å². The fourth-order valence-corrected chi connectivity index (χ4v) is 2.58. The predicted octanol–water partition coefficient (Wildman–Crippen LogP) is 1.39. The van der Waals surface area contributed by atoms with E-state index in [-0.39, 0.29) is 6.03 Å². The number of rotatable bonds is 1. The molecule has 0 aliphatic carbocycles. The highest BCUT2D eigenvalue weighted by Crippen LogP contribution is 2.16. The van der Waals surface area contributed by atoms with Crippen LogP contribution < -0.4 is 0 Å². The zero-order chi connectivity index (χ0) is 12.3. The molecule has 2 rings (SSSR count). The van der Waals surface area contributed by atoms with Crippen molar-refractivity contribution in [3.05, 3.63) is 12.2 Å². The van der Waals surface area contributed by atoms with E-state index in [9.17, 15) is 4.79 Å². The number of likely N-dealkylation sites (tertiary alicyclic amines) is 1. The number of urea groups is 1. The lowest BCUT2D eigenvalue weighted by molar-refractivity contribution is 0.121. The SMILES string of the molecule is CN1CCC(N(C)C(=O)N2CC=CCC2)CC1. The molecule has 0 aromatic carbocycles. The molecule has 0 N–H and O–H groups in total. The van der Waals surface area contributed by atoms with Gasteiger partial charge in [0.2, 0.25) is 0 Å². The fourth-order valence-electron chi connectivity index (χ4n) is 2.58. The van der Waals surface area contributed by atoms with Gasteiger partial charge in [-0.25, -0.2) is 4.79 Å². The number of hydrogen-bond acceptors (Lipinski definition) is 2. The zero-order valence-electron chi connectivity index (χ0n) is 10.9. The summed E-state index contributed by atoms with van der Waals surface area (Å²) in [5.74, 6) is 0. The van der Waals surface area contributed by atoms with Gasteiger partial charge in [-0.15, -0.1) is 0 Å². The molecule has 17 heavy (non-hydrogen) atoms. The molecule has 2 heterocycles. The van der Waals surface area contributed by atoms with Crippen molar-refractivity contribution < 1.29 is 4.79 Å². The van der Waals surface area contributed by atoms with E-state index < -0.39 is 0 Å². The highest BCUT2D eigenvalue weighted by Gasteiger charge is 2.26. The Kier molecular flexibility index (Phi) is 4.05. The Morgan fingerprint density at radius 2 is 1.94 bits per heavy atom. The first-order chi connectivity index (χ1) is 8.18. The largest absolute Gasteiger partial charge is 0.325 e. The molecule has 4 heteroatoms. The van der Waals surface area contributed by atoms with E-state index in [0.29, 0.717) is 6.04 Å². The van der Waals surface area contributed by atoms with Crippen LogP contribution in [-0.2, 0) is 0 Å². The lowest BCUT2D eigenvalue weighted by Crippen LogP contribution is -2.50. The third-order valence-electron chi connectivity index (χ3n) is 3.87. The Balaban J connectivity index is 1.88. The van der Waals surface area contributed by atoms with Crippen molar-refractivity contribution in [1.29, 1.82) is 0 Å². The maximum atomic E-state index is 12.3. The van der Waals surface area contributed by atoms with Crippen molar-refractivity contribution in [3.8, 4) is 0 Å².